The van der Waals surface area contributed by atoms with Gasteiger partial charge < -0.3 is 0 Å². The van der Waals surface area contributed by atoms with Gasteiger partial charge >= 0.3 is 0 Å². The van der Waals surface area contributed by atoms with Gasteiger partial charge in [0.2, 0.25) is 0 Å². The fraction of sp³-hybridized carbons (Fsp3) is 0.364. The van der Waals surface area contributed by atoms with Crippen molar-refractivity contribution in [3.63, 3.8) is 0 Å². The molecule has 0 aromatic carbocycles. The van der Waals surface area contributed by atoms with Crippen molar-refractivity contribution in [1.82, 2.24) is 14.5 Å². The maximum atomic E-state index is 11.9. The highest BCUT2D eigenvalue weighted by atomic mass is 35.5. The molecule has 4 nitrogen and oxygen atoms in total. The SMILES string of the molecule is CCc1nc(Cl)cc(=O)n1Cc1cnc(C)s1. The number of thiazole rings is 1. The van der Waals surface area contributed by atoms with Crippen LogP contribution in [-0.2, 0) is 13.0 Å². The third-order valence-electron chi connectivity index (χ3n) is 2.36. The summed E-state index contributed by atoms with van der Waals surface area (Å²) in [5.74, 6) is 0.702. The molecule has 0 aliphatic rings. The molecular weight excluding hydrogens is 258 g/mol. The Hall–Kier alpha value is -1.20. The largest absolute Gasteiger partial charge is 0.291 e. The number of rotatable bonds is 3. The second-order valence-corrected chi connectivity index (χ2v) is 5.33. The number of aryl methyl sites for hydroxylation is 2. The molecule has 2 heterocycles. The van der Waals surface area contributed by atoms with Gasteiger partial charge in [-0.2, -0.15) is 0 Å². The zero-order valence-electron chi connectivity index (χ0n) is 9.61. The van der Waals surface area contributed by atoms with Gasteiger partial charge in [0.1, 0.15) is 11.0 Å². The van der Waals surface area contributed by atoms with Crippen LogP contribution in [-0.4, -0.2) is 14.5 Å². The van der Waals surface area contributed by atoms with Crippen LogP contribution in [0.25, 0.3) is 0 Å². The average Bonchev–Trinajstić information content (AvgIpc) is 2.67. The molecule has 2 aromatic rings. The molecule has 0 atom stereocenters. The Kier molecular flexibility index (Phi) is 3.59. The predicted octanol–water partition coefficient (Wildman–Crippen LogP) is 2.27. The van der Waals surface area contributed by atoms with Gasteiger partial charge in [-0.05, 0) is 6.92 Å². The first kappa shape index (κ1) is 12.3. The van der Waals surface area contributed by atoms with Crippen LogP contribution in [0.5, 0.6) is 0 Å². The number of hydrogen-bond acceptors (Lipinski definition) is 4. The first-order valence-corrected chi connectivity index (χ1v) is 6.47. The average molecular weight is 270 g/mol. The van der Waals surface area contributed by atoms with Crippen LogP contribution >= 0.6 is 22.9 Å². The monoisotopic (exact) mass is 269 g/mol. The summed E-state index contributed by atoms with van der Waals surface area (Å²) in [6.07, 6.45) is 2.47. The van der Waals surface area contributed by atoms with E-state index in [9.17, 15) is 4.79 Å². The van der Waals surface area contributed by atoms with E-state index in [1.807, 2.05) is 13.8 Å². The molecular formula is C11H12ClN3OS. The Labute approximate surface area is 108 Å². The highest BCUT2D eigenvalue weighted by Crippen LogP contribution is 2.13. The molecule has 6 heteroatoms. The second kappa shape index (κ2) is 4.98. The van der Waals surface area contributed by atoms with Crippen LogP contribution in [0.1, 0.15) is 22.6 Å². The van der Waals surface area contributed by atoms with Gasteiger partial charge in [0.25, 0.3) is 5.56 Å². The highest BCUT2D eigenvalue weighted by Gasteiger charge is 2.08. The molecule has 0 saturated heterocycles. The molecule has 0 amide bonds. The predicted molar refractivity (Wildman–Crippen MR) is 68.8 cm³/mol. The van der Waals surface area contributed by atoms with Gasteiger partial charge in [0.05, 0.1) is 11.6 Å². The van der Waals surface area contributed by atoms with E-state index in [1.54, 1.807) is 22.1 Å². The van der Waals surface area contributed by atoms with Crippen molar-refractivity contribution in [3.8, 4) is 0 Å². The van der Waals surface area contributed by atoms with Crippen LogP contribution in [0.2, 0.25) is 5.15 Å². The lowest BCUT2D eigenvalue weighted by Gasteiger charge is -2.09. The molecule has 2 rings (SSSR count). The van der Waals surface area contributed by atoms with Crippen molar-refractivity contribution in [2.45, 2.75) is 26.8 Å². The molecule has 0 aliphatic heterocycles. The summed E-state index contributed by atoms with van der Waals surface area (Å²) in [4.78, 5) is 21.2. The zero-order chi connectivity index (χ0) is 12.4. The van der Waals surface area contributed by atoms with Crippen molar-refractivity contribution in [2.24, 2.45) is 0 Å². The van der Waals surface area contributed by atoms with Crippen LogP contribution < -0.4 is 5.56 Å². The summed E-state index contributed by atoms with van der Waals surface area (Å²) in [5.41, 5.74) is -0.118. The highest BCUT2D eigenvalue weighted by molar-refractivity contribution is 7.11. The van der Waals surface area contributed by atoms with Crippen molar-refractivity contribution in [3.05, 3.63) is 43.5 Å². The summed E-state index contributed by atoms with van der Waals surface area (Å²) < 4.78 is 1.64. The van der Waals surface area contributed by atoms with Crippen LogP contribution in [0.15, 0.2) is 17.1 Å². The molecule has 90 valence electrons. The minimum Gasteiger partial charge on any atom is -0.291 e. The Bertz CT molecular complexity index is 591. The van der Waals surface area contributed by atoms with Crippen molar-refractivity contribution in [1.29, 1.82) is 0 Å². The summed E-state index contributed by atoms with van der Waals surface area (Å²) in [5, 5.41) is 1.25. The van der Waals surface area contributed by atoms with Crippen molar-refractivity contribution < 1.29 is 0 Å². The molecule has 0 N–H and O–H groups in total. The molecule has 0 radical (unpaired) electrons. The fourth-order valence-corrected chi connectivity index (χ4v) is 2.57. The number of aromatic nitrogens is 3. The third-order valence-corrected chi connectivity index (χ3v) is 3.45. The molecule has 0 bridgehead atoms. The van der Waals surface area contributed by atoms with Gasteiger partial charge in [0, 0.05) is 23.6 Å². The van der Waals surface area contributed by atoms with E-state index in [-0.39, 0.29) is 10.7 Å². The standard InChI is InChI=1S/C11H12ClN3OS/c1-3-10-14-9(12)4-11(16)15(10)6-8-5-13-7(2)17-8/h4-5H,3,6H2,1-2H3. The van der Waals surface area contributed by atoms with Gasteiger partial charge in [-0.25, -0.2) is 9.97 Å². The minimum atomic E-state index is -0.118. The smallest absolute Gasteiger partial charge is 0.255 e. The lowest BCUT2D eigenvalue weighted by Crippen LogP contribution is -2.24. The molecule has 0 fully saturated rings. The van der Waals surface area contributed by atoms with Gasteiger partial charge in [0.15, 0.2) is 0 Å². The van der Waals surface area contributed by atoms with Crippen LogP contribution in [0.3, 0.4) is 0 Å². The number of nitrogens with zero attached hydrogens (tertiary/aromatic N) is 3. The Morgan fingerprint density at radius 3 is 2.88 bits per heavy atom. The zero-order valence-corrected chi connectivity index (χ0v) is 11.2. The Balaban J connectivity index is 2.41. The summed E-state index contributed by atoms with van der Waals surface area (Å²) in [6.45, 7) is 4.40. The van der Waals surface area contributed by atoms with Crippen molar-refractivity contribution in [2.75, 3.05) is 0 Å². The number of halogens is 1. The van der Waals surface area contributed by atoms with E-state index in [4.69, 9.17) is 11.6 Å². The summed E-state index contributed by atoms with van der Waals surface area (Å²) in [7, 11) is 0. The first-order valence-electron chi connectivity index (χ1n) is 5.27. The van der Waals surface area contributed by atoms with E-state index in [2.05, 4.69) is 9.97 Å². The fourth-order valence-electron chi connectivity index (χ4n) is 1.60. The van der Waals surface area contributed by atoms with Crippen molar-refractivity contribution >= 4 is 22.9 Å². The van der Waals surface area contributed by atoms with E-state index < -0.39 is 0 Å². The van der Waals surface area contributed by atoms with E-state index in [0.29, 0.717) is 18.8 Å². The topological polar surface area (TPSA) is 47.8 Å². The lowest BCUT2D eigenvalue weighted by molar-refractivity contribution is 0.680. The molecule has 0 saturated carbocycles. The first-order chi connectivity index (χ1) is 8.10. The molecule has 0 spiro atoms. The van der Waals surface area contributed by atoms with Gasteiger partial charge in [-0.3, -0.25) is 9.36 Å². The van der Waals surface area contributed by atoms with Crippen LogP contribution in [0.4, 0.5) is 0 Å². The second-order valence-electron chi connectivity index (χ2n) is 3.62. The van der Waals surface area contributed by atoms with E-state index >= 15 is 0 Å². The van der Waals surface area contributed by atoms with Crippen LogP contribution in [0, 0.1) is 6.92 Å². The van der Waals surface area contributed by atoms with E-state index in [0.717, 1.165) is 9.88 Å². The maximum Gasteiger partial charge on any atom is 0.255 e. The van der Waals surface area contributed by atoms with E-state index in [1.165, 1.54) is 6.07 Å². The third kappa shape index (κ3) is 2.73. The quantitative estimate of drug-likeness (QED) is 0.803. The molecule has 2 aromatic heterocycles. The molecule has 0 aliphatic carbocycles. The minimum absolute atomic E-state index is 0.118. The maximum absolute atomic E-state index is 11.9. The normalized spacial score (nSPS) is 10.8. The summed E-state index contributed by atoms with van der Waals surface area (Å²) in [6, 6.07) is 1.34. The lowest BCUT2D eigenvalue weighted by atomic mass is 10.4. The molecule has 0 unspecified atom stereocenters. The number of hydrogen-bond donors (Lipinski definition) is 0. The molecule has 17 heavy (non-hydrogen) atoms. The van der Waals surface area contributed by atoms with Gasteiger partial charge in [-0.15, -0.1) is 11.3 Å². The Morgan fingerprint density at radius 2 is 2.29 bits per heavy atom. The van der Waals surface area contributed by atoms with Gasteiger partial charge in [-0.1, -0.05) is 18.5 Å². The summed E-state index contributed by atoms with van der Waals surface area (Å²) >= 11 is 7.36. The Morgan fingerprint density at radius 1 is 1.53 bits per heavy atom.